The van der Waals surface area contributed by atoms with Gasteiger partial charge in [-0.2, -0.15) is 30.7 Å². The molecular formula is C27H27F7N2O2. The first-order valence-electron chi connectivity index (χ1n) is 11.7. The van der Waals surface area contributed by atoms with Crippen molar-refractivity contribution in [2.75, 3.05) is 22.9 Å². The number of alkyl halides is 7. The minimum Gasteiger partial charge on any atom is -0.428 e. The lowest BCUT2D eigenvalue weighted by Crippen LogP contribution is -2.41. The number of aryl methyl sites for hydroxylation is 1. The Morgan fingerprint density at radius 1 is 0.842 bits per heavy atom. The number of hydrogen-bond acceptors (Lipinski definition) is 4. The number of aliphatic hydroxyl groups is 1. The van der Waals surface area contributed by atoms with Crippen LogP contribution in [0.4, 0.5) is 47.8 Å². The first-order valence-corrected chi connectivity index (χ1v) is 11.7. The third-order valence-electron chi connectivity index (χ3n) is 5.69. The van der Waals surface area contributed by atoms with E-state index < -0.39 is 37.1 Å². The number of nitrogens with zero attached hydrogens (tertiary/aromatic N) is 2. The van der Waals surface area contributed by atoms with Gasteiger partial charge < -0.3 is 19.6 Å². The fourth-order valence-corrected chi connectivity index (χ4v) is 3.87. The predicted octanol–water partition coefficient (Wildman–Crippen LogP) is 7.32. The summed E-state index contributed by atoms with van der Waals surface area (Å²) in [6.07, 6.45) is -16.4. The first kappa shape index (κ1) is 29.1. The molecule has 0 saturated carbocycles. The average molecular weight is 545 g/mol. The van der Waals surface area contributed by atoms with Crippen molar-refractivity contribution in [3.63, 3.8) is 0 Å². The molecule has 0 heterocycles. The Morgan fingerprint density at radius 2 is 1.45 bits per heavy atom. The van der Waals surface area contributed by atoms with Gasteiger partial charge in [-0.15, -0.1) is 0 Å². The minimum atomic E-state index is -4.91. The van der Waals surface area contributed by atoms with Crippen LogP contribution in [0, 0.1) is 6.92 Å². The van der Waals surface area contributed by atoms with E-state index in [0.29, 0.717) is 17.9 Å². The van der Waals surface area contributed by atoms with Gasteiger partial charge in [0.05, 0.1) is 6.54 Å². The summed E-state index contributed by atoms with van der Waals surface area (Å²) in [5.41, 5.74) is 3.10. The average Bonchev–Trinajstić information content (AvgIpc) is 2.83. The smallest absolute Gasteiger partial charge is 0.428 e. The Hall–Kier alpha value is -3.47. The molecule has 0 spiro atoms. The van der Waals surface area contributed by atoms with Crippen LogP contribution in [0.25, 0.3) is 0 Å². The molecule has 206 valence electrons. The number of anilines is 3. The second-order valence-electron chi connectivity index (χ2n) is 8.65. The summed E-state index contributed by atoms with van der Waals surface area (Å²) in [6.45, 7) is 3.28. The third kappa shape index (κ3) is 7.53. The molecule has 1 N–H and O–H groups in total. The van der Waals surface area contributed by atoms with Gasteiger partial charge in [0.2, 0.25) is 0 Å². The van der Waals surface area contributed by atoms with Crippen LogP contribution in [-0.4, -0.2) is 43.0 Å². The zero-order chi connectivity index (χ0) is 28.1. The summed E-state index contributed by atoms with van der Waals surface area (Å²) in [4.78, 5) is 3.19. The molecule has 0 aliphatic rings. The number of rotatable bonds is 11. The number of aliphatic hydroxyl groups excluding tert-OH is 1. The summed E-state index contributed by atoms with van der Waals surface area (Å²) >= 11 is 0. The van der Waals surface area contributed by atoms with Gasteiger partial charge in [-0.3, -0.25) is 0 Å². The van der Waals surface area contributed by atoms with Crippen LogP contribution in [0.15, 0.2) is 72.8 Å². The SMILES string of the molecule is CCN(c1cccc(C)c1)c1cccc(N(Cc2cccc(OC(F)(F)C(F)F)c2)CC(O)C(F)(F)F)c1. The molecule has 38 heavy (non-hydrogen) atoms. The van der Waals surface area contributed by atoms with E-state index in [2.05, 4.69) is 4.74 Å². The van der Waals surface area contributed by atoms with Gasteiger partial charge >= 0.3 is 18.7 Å². The molecule has 3 rings (SSSR count). The lowest BCUT2D eigenvalue weighted by atomic mass is 10.1. The molecule has 11 heteroatoms. The number of ether oxygens (including phenoxy) is 1. The van der Waals surface area contributed by atoms with E-state index in [1.54, 1.807) is 24.3 Å². The van der Waals surface area contributed by atoms with Crippen LogP contribution in [0.2, 0.25) is 0 Å². The van der Waals surface area contributed by atoms with Gasteiger partial charge in [-0.1, -0.05) is 30.3 Å². The zero-order valence-electron chi connectivity index (χ0n) is 20.6. The Labute approximate surface area is 215 Å². The van der Waals surface area contributed by atoms with E-state index in [1.165, 1.54) is 17.0 Å². The van der Waals surface area contributed by atoms with Crippen molar-refractivity contribution in [3.05, 3.63) is 83.9 Å². The number of hydrogen-bond donors (Lipinski definition) is 1. The Balaban J connectivity index is 1.95. The molecule has 0 aliphatic carbocycles. The van der Waals surface area contributed by atoms with Crippen LogP contribution in [0.5, 0.6) is 5.75 Å². The largest absolute Gasteiger partial charge is 0.461 e. The summed E-state index contributed by atoms with van der Waals surface area (Å²) in [7, 11) is 0. The Kier molecular flexibility index (Phi) is 9.14. The molecule has 0 radical (unpaired) electrons. The van der Waals surface area contributed by atoms with Gasteiger partial charge in [0.15, 0.2) is 6.10 Å². The van der Waals surface area contributed by atoms with E-state index in [0.717, 1.165) is 23.4 Å². The summed E-state index contributed by atoms with van der Waals surface area (Å²) < 4.78 is 95.7. The lowest BCUT2D eigenvalue weighted by Gasteiger charge is -2.30. The molecule has 0 bridgehead atoms. The minimum absolute atomic E-state index is 0.207. The van der Waals surface area contributed by atoms with Crippen LogP contribution < -0.4 is 14.5 Å². The quantitative estimate of drug-likeness (QED) is 0.257. The predicted molar refractivity (Wildman–Crippen MR) is 131 cm³/mol. The highest BCUT2D eigenvalue weighted by molar-refractivity contribution is 5.68. The Bertz CT molecular complexity index is 1200. The van der Waals surface area contributed by atoms with E-state index >= 15 is 0 Å². The zero-order valence-corrected chi connectivity index (χ0v) is 20.6. The fourth-order valence-electron chi connectivity index (χ4n) is 3.87. The van der Waals surface area contributed by atoms with Gasteiger partial charge in [-0.05, 0) is 67.4 Å². The third-order valence-corrected chi connectivity index (χ3v) is 5.69. The van der Waals surface area contributed by atoms with Crippen LogP contribution in [0.1, 0.15) is 18.1 Å². The van der Waals surface area contributed by atoms with Gasteiger partial charge in [-0.25, -0.2) is 0 Å². The summed E-state index contributed by atoms with van der Waals surface area (Å²) in [5.74, 6) is -0.575. The molecular weight excluding hydrogens is 517 g/mol. The molecule has 0 aliphatic heterocycles. The van der Waals surface area contributed by atoms with Crippen molar-refractivity contribution < 1.29 is 40.6 Å². The maximum Gasteiger partial charge on any atom is 0.461 e. The van der Waals surface area contributed by atoms with E-state index in [1.807, 2.05) is 43.0 Å². The maximum absolute atomic E-state index is 13.4. The topological polar surface area (TPSA) is 35.9 Å². The second-order valence-corrected chi connectivity index (χ2v) is 8.65. The highest BCUT2D eigenvalue weighted by Gasteiger charge is 2.44. The van der Waals surface area contributed by atoms with Crippen molar-refractivity contribution in [3.8, 4) is 5.75 Å². The monoisotopic (exact) mass is 544 g/mol. The highest BCUT2D eigenvalue weighted by Crippen LogP contribution is 2.32. The van der Waals surface area contributed by atoms with Crippen molar-refractivity contribution in [2.45, 2.75) is 45.2 Å². The highest BCUT2D eigenvalue weighted by atomic mass is 19.4. The molecule has 4 nitrogen and oxygen atoms in total. The molecule has 0 saturated heterocycles. The van der Waals surface area contributed by atoms with Crippen LogP contribution in [-0.2, 0) is 6.54 Å². The molecule has 3 aromatic rings. The normalized spacial score (nSPS) is 12.9. The molecule has 1 atom stereocenters. The molecule has 1 unspecified atom stereocenters. The van der Waals surface area contributed by atoms with Crippen LogP contribution in [0.3, 0.4) is 0 Å². The molecule has 0 aromatic heterocycles. The standard InChI is InChI=1S/C27H27F7N2O2/c1-3-36(21-10-4-7-18(2)13-21)22-11-6-9-20(15-22)35(17-24(37)26(30,31)32)16-19-8-5-12-23(14-19)38-27(33,34)25(28)29/h4-15,24-25,37H,3,16-17H2,1-2H3. The molecule has 0 amide bonds. The number of halogens is 7. The van der Waals surface area contributed by atoms with E-state index in [4.69, 9.17) is 0 Å². The van der Waals surface area contributed by atoms with Gasteiger partial charge in [0.25, 0.3) is 0 Å². The summed E-state index contributed by atoms with van der Waals surface area (Å²) in [5, 5.41) is 9.81. The van der Waals surface area contributed by atoms with Crippen molar-refractivity contribution in [1.82, 2.24) is 0 Å². The first-order chi connectivity index (χ1) is 17.8. The van der Waals surface area contributed by atoms with Gasteiger partial charge in [0, 0.05) is 30.2 Å². The van der Waals surface area contributed by atoms with Crippen molar-refractivity contribution >= 4 is 17.1 Å². The fraction of sp³-hybridized carbons (Fsp3) is 0.333. The maximum atomic E-state index is 13.4. The summed E-state index contributed by atoms with van der Waals surface area (Å²) in [6, 6.07) is 19.1. The van der Waals surface area contributed by atoms with Crippen molar-refractivity contribution in [1.29, 1.82) is 0 Å². The Morgan fingerprint density at radius 3 is 2.05 bits per heavy atom. The van der Waals surface area contributed by atoms with E-state index in [9.17, 15) is 35.8 Å². The molecule has 0 fully saturated rings. The van der Waals surface area contributed by atoms with Crippen LogP contribution >= 0.6 is 0 Å². The van der Waals surface area contributed by atoms with Gasteiger partial charge in [0.1, 0.15) is 5.75 Å². The second kappa shape index (κ2) is 11.9. The molecule has 3 aromatic carbocycles. The number of benzene rings is 3. The lowest BCUT2D eigenvalue weighted by molar-refractivity contribution is -0.253. The van der Waals surface area contributed by atoms with Crippen molar-refractivity contribution in [2.24, 2.45) is 0 Å². The van der Waals surface area contributed by atoms with E-state index in [-0.39, 0.29) is 12.1 Å².